The van der Waals surface area contributed by atoms with Gasteiger partial charge in [0.15, 0.2) is 6.10 Å². The Morgan fingerprint density at radius 1 is 1.24 bits per heavy atom. The fraction of sp³-hybridized carbons (Fsp3) is 0.429. The highest BCUT2D eigenvalue weighted by atomic mass is 35.5. The van der Waals surface area contributed by atoms with Gasteiger partial charge in [-0.1, -0.05) is 23.2 Å². The van der Waals surface area contributed by atoms with Gasteiger partial charge in [-0.2, -0.15) is 0 Å². The maximum atomic E-state index is 12.0. The van der Waals surface area contributed by atoms with Gasteiger partial charge in [0.2, 0.25) is 5.91 Å². The Morgan fingerprint density at radius 2 is 1.90 bits per heavy atom. The van der Waals surface area contributed by atoms with Crippen molar-refractivity contribution in [1.82, 2.24) is 10.6 Å². The molecule has 1 rings (SSSR count). The Hall–Kier alpha value is -1.46. The van der Waals surface area contributed by atoms with E-state index in [4.69, 9.17) is 27.9 Å². The molecule has 0 heterocycles. The quantitative estimate of drug-likeness (QED) is 0.840. The summed E-state index contributed by atoms with van der Waals surface area (Å²) in [6.45, 7) is 5.49. The number of likely N-dealkylation sites (N-methyl/N-ethyl adjacent to an activating group) is 1. The first-order valence-electron chi connectivity index (χ1n) is 6.55. The predicted octanol–water partition coefficient (Wildman–Crippen LogP) is 2.40. The smallest absolute Gasteiger partial charge is 0.261 e. The number of ether oxygens (including phenoxy) is 1. The van der Waals surface area contributed by atoms with E-state index in [1.165, 1.54) is 6.07 Å². The number of carbonyl (C=O) groups is 2. The van der Waals surface area contributed by atoms with E-state index in [0.717, 1.165) is 0 Å². The summed E-state index contributed by atoms with van der Waals surface area (Å²) in [4.78, 5) is 23.5. The Bertz CT molecular complexity index is 523. The number of benzene rings is 1. The molecule has 0 saturated carbocycles. The molecule has 0 aliphatic rings. The van der Waals surface area contributed by atoms with Gasteiger partial charge in [-0.25, -0.2) is 0 Å². The van der Waals surface area contributed by atoms with Crippen LogP contribution in [0.15, 0.2) is 18.2 Å². The molecule has 0 aromatic heterocycles. The molecule has 7 heteroatoms. The lowest BCUT2D eigenvalue weighted by atomic mass is 10.2. The second kappa shape index (κ2) is 8.10. The fourth-order valence-electron chi connectivity index (χ4n) is 1.54. The third-order valence-corrected chi connectivity index (χ3v) is 3.20. The summed E-state index contributed by atoms with van der Waals surface area (Å²) in [6.07, 6.45) is -0.791. The molecule has 0 saturated heterocycles. The van der Waals surface area contributed by atoms with Gasteiger partial charge in [-0.15, -0.1) is 0 Å². The van der Waals surface area contributed by atoms with E-state index < -0.39 is 18.1 Å². The van der Waals surface area contributed by atoms with E-state index in [9.17, 15) is 9.59 Å². The zero-order valence-corrected chi connectivity index (χ0v) is 13.6. The SMILES string of the molecule is CCNC(=O)[C@@H](C)NC(=O)[C@H](C)Oc1ccc(Cl)cc1Cl. The molecule has 2 atom stereocenters. The van der Waals surface area contributed by atoms with E-state index in [1.54, 1.807) is 32.9 Å². The third kappa shape index (κ3) is 5.44. The third-order valence-electron chi connectivity index (χ3n) is 2.67. The molecule has 21 heavy (non-hydrogen) atoms. The predicted molar refractivity (Wildman–Crippen MR) is 82.8 cm³/mol. The van der Waals surface area contributed by atoms with E-state index in [-0.39, 0.29) is 5.91 Å². The zero-order chi connectivity index (χ0) is 16.0. The molecule has 5 nitrogen and oxygen atoms in total. The monoisotopic (exact) mass is 332 g/mol. The molecular weight excluding hydrogens is 315 g/mol. The first-order chi connectivity index (χ1) is 9.85. The molecule has 2 amide bonds. The summed E-state index contributed by atoms with van der Waals surface area (Å²) in [5.41, 5.74) is 0. The van der Waals surface area contributed by atoms with Crippen LogP contribution in [0, 0.1) is 0 Å². The summed E-state index contributed by atoms with van der Waals surface area (Å²) >= 11 is 11.8. The van der Waals surface area contributed by atoms with Gasteiger partial charge in [0.05, 0.1) is 5.02 Å². The highest BCUT2D eigenvalue weighted by molar-refractivity contribution is 6.35. The van der Waals surface area contributed by atoms with Gasteiger partial charge in [0, 0.05) is 11.6 Å². The molecule has 0 bridgehead atoms. The molecule has 0 unspecified atom stereocenters. The van der Waals surface area contributed by atoms with E-state index in [1.807, 2.05) is 0 Å². The van der Waals surface area contributed by atoms with E-state index in [2.05, 4.69) is 10.6 Å². The van der Waals surface area contributed by atoms with Crippen LogP contribution in [0.4, 0.5) is 0 Å². The van der Waals surface area contributed by atoms with Gasteiger partial charge in [-0.3, -0.25) is 9.59 Å². The van der Waals surface area contributed by atoms with Crippen LogP contribution in [0.5, 0.6) is 5.75 Å². The Labute approximate surface area is 133 Å². The van der Waals surface area contributed by atoms with Crippen molar-refractivity contribution in [2.45, 2.75) is 32.9 Å². The normalized spacial score (nSPS) is 13.2. The van der Waals surface area contributed by atoms with Crippen LogP contribution in [0.3, 0.4) is 0 Å². The van der Waals surface area contributed by atoms with Crippen molar-refractivity contribution in [3.05, 3.63) is 28.2 Å². The molecular formula is C14H18Cl2N2O3. The van der Waals surface area contributed by atoms with Crippen molar-refractivity contribution in [2.24, 2.45) is 0 Å². The Morgan fingerprint density at radius 3 is 2.48 bits per heavy atom. The average molecular weight is 333 g/mol. The first kappa shape index (κ1) is 17.6. The lowest BCUT2D eigenvalue weighted by molar-refractivity contribution is -0.132. The highest BCUT2D eigenvalue weighted by Gasteiger charge is 2.21. The lowest BCUT2D eigenvalue weighted by Gasteiger charge is -2.18. The molecule has 2 N–H and O–H groups in total. The first-order valence-corrected chi connectivity index (χ1v) is 7.30. The van der Waals surface area contributed by atoms with Crippen molar-refractivity contribution in [2.75, 3.05) is 6.54 Å². The van der Waals surface area contributed by atoms with Crippen molar-refractivity contribution in [3.63, 3.8) is 0 Å². The second-order valence-electron chi connectivity index (χ2n) is 4.46. The summed E-state index contributed by atoms with van der Waals surface area (Å²) in [6, 6.07) is 4.09. The van der Waals surface area contributed by atoms with Gasteiger partial charge < -0.3 is 15.4 Å². The topological polar surface area (TPSA) is 67.4 Å². The minimum Gasteiger partial charge on any atom is -0.479 e. The molecule has 0 aliphatic carbocycles. The number of nitrogens with one attached hydrogen (secondary N) is 2. The largest absolute Gasteiger partial charge is 0.479 e. The van der Waals surface area contributed by atoms with Crippen LogP contribution in [0.25, 0.3) is 0 Å². The fourth-order valence-corrected chi connectivity index (χ4v) is 1.99. The van der Waals surface area contributed by atoms with Crippen molar-refractivity contribution in [1.29, 1.82) is 0 Å². The van der Waals surface area contributed by atoms with Gasteiger partial charge in [0.1, 0.15) is 11.8 Å². The van der Waals surface area contributed by atoms with Gasteiger partial charge in [-0.05, 0) is 39.0 Å². The van der Waals surface area contributed by atoms with Crippen LogP contribution in [-0.4, -0.2) is 30.5 Å². The maximum Gasteiger partial charge on any atom is 0.261 e. The highest BCUT2D eigenvalue weighted by Crippen LogP contribution is 2.28. The van der Waals surface area contributed by atoms with Crippen molar-refractivity contribution < 1.29 is 14.3 Å². The Kier molecular flexibility index (Phi) is 6.78. The van der Waals surface area contributed by atoms with E-state index >= 15 is 0 Å². The standard InChI is InChI=1S/C14H18Cl2N2O3/c1-4-17-13(19)8(2)18-14(20)9(3)21-12-6-5-10(15)7-11(12)16/h5-9H,4H2,1-3H3,(H,17,19)(H,18,20)/t8-,9+/m1/s1. The van der Waals surface area contributed by atoms with Gasteiger partial charge in [0.25, 0.3) is 5.91 Å². The number of rotatable bonds is 6. The summed E-state index contributed by atoms with van der Waals surface area (Å²) in [5.74, 6) is -0.295. The Balaban J connectivity index is 2.60. The van der Waals surface area contributed by atoms with E-state index in [0.29, 0.717) is 22.3 Å². The van der Waals surface area contributed by atoms with Crippen molar-refractivity contribution in [3.8, 4) is 5.75 Å². The molecule has 0 aliphatic heterocycles. The van der Waals surface area contributed by atoms with Crippen molar-refractivity contribution >= 4 is 35.0 Å². The molecule has 116 valence electrons. The summed E-state index contributed by atoms with van der Waals surface area (Å²) < 4.78 is 5.47. The van der Waals surface area contributed by atoms with Crippen LogP contribution >= 0.6 is 23.2 Å². The molecule has 1 aromatic carbocycles. The molecule has 1 aromatic rings. The number of amides is 2. The summed E-state index contributed by atoms with van der Waals surface area (Å²) in [7, 11) is 0. The zero-order valence-electron chi connectivity index (χ0n) is 12.1. The lowest BCUT2D eigenvalue weighted by Crippen LogP contribution is -2.48. The number of hydrogen-bond acceptors (Lipinski definition) is 3. The number of carbonyl (C=O) groups excluding carboxylic acids is 2. The number of hydrogen-bond donors (Lipinski definition) is 2. The maximum absolute atomic E-state index is 12.0. The molecule has 0 radical (unpaired) electrons. The minimum atomic E-state index is -0.791. The molecule has 0 spiro atoms. The van der Waals surface area contributed by atoms with Crippen LogP contribution < -0.4 is 15.4 Å². The van der Waals surface area contributed by atoms with Crippen LogP contribution in [-0.2, 0) is 9.59 Å². The average Bonchev–Trinajstić information content (AvgIpc) is 2.41. The van der Waals surface area contributed by atoms with Crippen LogP contribution in [0.2, 0.25) is 10.0 Å². The summed E-state index contributed by atoms with van der Waals surface area (Å²) in [5, 5.41) is 5.99. The second-order valence-corrected chi connectivity index (χ2v) is 5.30. The number of halogens is 2. The van der Waals surface area contributed by atoms with Gasteiger partial charge >= 0.3 is 0 Å². The minimum absolute atomic E-state index is 0.248. The van der Waals surface area contributed by atoms with Crippen LogP contribution in [0.1, 0.15) is 20.8 Å². The molecule has 0 fully saturated rings.